The van der Waals surface area contributed by atoms with E-state index < -0.39 is 62.0 Å². The summed E-state index contributed by atoms with van der Waals surface area (Å²) in [6.45, 7) is 0.523. The van der Waals surface area contributed by atoms with Gasteiger partial charge in [0, 0.05) is 28.6 Å². The molecule has 3 heterocycles. The highest BCUT2D eigenvalue weighted by Crippen LogP contribution is 2.42. The third-order valence-electron chi connectivity index (χ3n) is 7.18. The summed E-state index contributed by atoms with van der Waals surface area (Å²) in [4.78, 5) is 17.7. The van der Waals surface area contributed by atoms with Gasteiger partial charge in [0.2, 0.25) is 0 Å². The number of carbonyl (C=O) groups excluding carboxylic acids is 1. The Bertz CT molecular complexity index is 1870. The number of sulfone groups is 1. The molecule has 0 unspecified atom stereocenters. The number of nitrogens with zero attached hydrogens (tertiary/aromatic N) is 2. The minimum Gasteiger partial charge on any atom is -0.489 e. The van der Waals surface area contributed by atoms with Gasteiger partial charge in [0.25, 0.3) is 5.91 Å². The number of nitrogens with one attached hydrogen (secondary N) is 1. The van der Waals surface area contributed by atoms with Crippen LogP contribution < -0.4 is 15.2 Å². The first-order valence-electron chi connectivity index (χ1n) is 12.5. The average Bonchev–Trinajstić information content (AvgIpc) is 2.92. The Labute approximate surface area is 234 Å². The standard InChI is InChI=1S/C28H19F6N3O4S/c29-19-6-5-16-23(14-12-42(39,40)13-14)18(27(38)36-37-7-8-41-22-4-2-1-3-21(22)37)11-35-26(16)24(19)17-9-15(28(32,33)34)10-20(30)25(17)31/h1-6,9-11,14H,7-8,12-13H2,(H,36,38). The minimum atomic E-state index is -5.06. The number of carbonyl (C=O) groups is 1. The Morgan fingerprint density at radius 3 is 2.48 bits per heavy atom. The molecule has 218 valence electrons. The number of pyridine rings is 1. The molecule has 3 aromatic carbocycles. The molecule has 0 atom stereocenters. The van der Waals surface area contributed by atoms with E-state index >= 15 is 4.39 Å². The fourth-order valence-electron chi connectivity index (χ4n) is 5.27. The van der Waals surface area contributed by atoms with Crippen molar-refractivity contribution >= 4 is 32.3 Å². The number of benzene rings is 3. The zero-order valence-electron chi connectivity index (χ0n) is 21.3. The van der Waals surface area contributed by atoms with Crippen molar-refractivity contribution in [3.63, 3.8) is 0 Å². The van der Waals surface area contributed by atoms with E-state index in [4.69, 9.17) is 4.74 Å². The lowest BCUT2D eigenvalue weighted by Crippen LogP contribution is -2.47. The van der Waals surface area contributed by atoms with Gasteiger partial charge >= 0.3 is 6.18 Å². The highest BCUT2D eigenvalue weighted by Gasteiger charge is 2.39. The SMILES string of the molecule is O=C(NN1CCOc2ccccc21)c1cnc2c(-c3cc(C(F)(F)F)cc(F)c3F)c(F)ccc2c1C1CS(=O)(=O)C1. The van der Waals surface area contributed by atoms with Crippen molar-refractivity contribution in [1.82, 2.24) is 10.4 Å². The zero-order valence-corrected chi connectivity index (χ0v) is 22.1. The van der Waals surface area contributed by atoms with E-state index in [1.54, 1.807) is 24.3 Å². The minimum absolute atomic E-state index is 0.0125. The summed E-state index contributed by atoms with van der Waals surface area (Å²) < 4.78 is 114. The first-order valence-corrected chi connectivity index (χ1v) is 14.3. The first-order chi connectivity index (χ1) is 19.8. The molecular formula is C28H19F6N3O4S. The van der Waals surface area contributed by atoms with E-state index in [2.05, 4.69) is 10.4 Å². The maximum Gasteiger partial charge on any atom is 0.416 e. The summed E-state index contributed by atoms with van der Waals surface area (Å²) in [7, 11) is -3.45. The topological polar surface area (TPSA) is 88.6 Å². The summed E-state index contributed by atoms with van der Waals surface area (Å²) in [6, 6.07) is 9.17. The number of hydrogen-bond acceptors (Lipinski definition) is 6. The van der Waals surface area contributed by atoms with Gasteiger partial charge in [-0.2, -0.15) is 13.2 Å². The van der Waals surface area contributed by atoms with Crippen LogP contribution in [-0.4, -0.2) is 44.0 Å². The molecule has 7 nitrogen and oxygen atoms in total. The van der Waals surface area contributed by atoms with Crippen molar-refractivity contribution in [1.29, 1.82) is 0 Å². The number of halogens is 6. The third kappa shape index (κ3) is 4.78. The Morgan fingerprint density at radius 2 is 1.76 bits per heavy atom. The van der Waals surface area contributed by atoms with Gasteiger partial charge in [0.1, 0.15) is 18.2 Å². The van der Waals surface area contributed by atoms with Gasteiger partial charge in [-0.05, 0) is 42.0 Å². The molecule has 1 saturated heterocycles. The van der Waals surface area contributed by atoms with E-state index in [9.17, 15) is 35.2 Å². The van der Waals surface area contributed by atoms with Gasteiger partial charge in [0.15, 0.2) is 21.5 Å². The molecule has 0 bridgehead atoms. The second-order valence-corrected chi connectivity index (χ2v) is 12.1. The smallest absolute Gasteiger partial charge is 0.416 e. The van der Waals surface area contributed by atoms with Crippen molar-refractivity contribution in [2.75, 3.05) is 29.7 Å². The zero-order chi connectivity index (χ0) is 30.0. The average molecular weight is 608 g/mol. The fourth-order valence-corrected chi connectivity index (χ4v) is 6.73. The molecule has 1 amide bonds. The van der Waals surface area contributed by atoms with Crippen molar-refractivity contribution in [3.8, 4) is 16.9 Å². The molecule has 1 fully saturated rings. The molecule has 0 radical (unpaired) electrons. The number of hydrogen-bond donors (Lipinski definition) is 1. The second-order valence-electron chi connectivity index (χ2n) is 9.90. The van der Waals surface area contributed by atoms with Crippen LogP contribution >= 0.6 is 0 Å². The third-order valence-corrected chi connectivity index (χ3v) is 9.00. The van der Waals surface area contributed by atoms with E-state index in [1.165, 1.54) is 11.1 Å². The first kappa shape index (κ1) is 27.8. The monoisotopic (exact) mass is 607 g/mol. The van der Waals surface area contributed by atoms with Crippen LogP contribution in [0.2, 0.25) is 0 Å². The van der Waals surface area contributed by atoms with Crippen LogP contribution in [0.4, 0.5) is 32.0 Å². The number of ether oxygens (including phenoxy) is 1. The number of alkyl halides is 3. The van der Waals surface area contributed by atoms with Crippen LogP contribution in [0, 0.1) is 17.5 Å². The molecule has 1 N–H and O–H groups in total. The predicted molar refractivity (Wildman–Crippen MR) is 140 cm³/mol. The predicted octanol–water partition coefficient (Wildman–Crippen LogP) is 5.39. The number of aromatic nitrogens is 1. The highest BCUT2D eigenvalue weighted by atomic mass is 32.2. The molecule has 0 spiro atoms. The second kappa shape index (κ2) is 9.89. The Morgan fingerprint density at radius 1 is 1.02 bits per heavy atom. The van der Waals surface area contributed by atoms with Gasteiger partial charge in [-0.15, -0.1) is 0 Å². The lowest BCUT2D eigenvalue weighted by molar-refractivity contribution is -0.137. The molecule has 1 aromatic heterocycles. The van der Waals surface area contributed by atoms with Crippen LogP contribution in [0.15, 0.2) is 54.7 Å². The molecule has 6 rings (SSSR count). The summed E-state index contributed by atoms with van der Waals surface area (Å²) in [6.07, 6.45) is -4.04. The van der Waals surface area contributed by atoms with E-state index in [0.717, 1.165) is 12.3 Å². The Hall–Kier alpha value is -4.33. The van der Waals surface area contributed by atoms with Gasteiger partial charge in [0.05, 0.1) is 40.4 Å². The normalized spacial score (nSPS) is 16.5. The molecule has 2 aliphatic heterocycles. The molecular weight excluding hydrogens is 588 g/mol. The van der Waals surface area contributed by atoms with Crippen LogP contribution in [0.3, 0.4) is 0 Å². The molecule has 14 heteroatoms. The molecule has 0 aliphatic carbocycles. The number of rotatable bonds is 4. The molecule has 4 aromatic rings. The maximum atomic E-state index is 15.2. The number of para-hydroxylation sites is 2. The number of amides is 1. The summed E-state index contributed by atoms with van der Waals surface area (Å²) in [5.74, 6) is -6.40. The molecule has 42 heavy (non-hydrogen) atoms. The highest BCUT2D eigenvalue weighted by molar-refractivity contribution is 7.92. The maximum absolute atomic E-state index is 15.2. The summed E-state index contributed by atoms with van der Waals surface area (Å²) in [5, 5.41) is 1.54. The lowest BCUT2D eigenvalue weighted by Gasteiger charge is -2.32. The van der Waals surface area contributed by atoms with Crippen molar-refractivity contribution in [2.45, 2.75) is 12.1 Å². The molecule has 0 saturated carbocycles. The number of fused-ring (bicyclic) bond motifs is 2. The van der Waals surface area contributed by atoms with Gasteiger partial charge in [-0.3, -0.25) is 20.2 Å². The summed E-state index contributed by atoms with van der Waals surface area (Å²) >= 11 is 0. The van der Waals surface area contributed by atoms with Crippen LogP contribution in [0.5, 0.6) is 5.75 Å². The largest absolute Gasteiger partial charge is 0.489 e. The van der Waals surface area contributed by atoms with E-state index in [1.807, 2.05) is 0 Å². The Kier molecular flexibility index (Phi) is 6.55. The number of anilines is 1. The lowest BCUT2D eigenvalue weighted by atomic mass is 9.90. The van der Waals surface area contributed by atoms with E-state index in [0.29, 0.717) is 11.4 Å². The van der Waals surface area contributed by atoms with Crippen LogP contribution in [-0.2, 0) is 16.0 Å². The van der Waals surface area contributed by atoms with Gasteiger partial charge < -0.3 is 4.74 Å². The van der Waals surface area contributed by atoms with Crippen molar-refractivity contribution < 1.29 is 44.3 Å². The van der Waals surface area contributed by atoms with Gasteiger partial charge in [-0.1, -0.05) is 12.1 Å². The van der Waals surface area contributed by atoms with Gasteiger partial charge in [-0.25, -0.2) is 21.6 Å². The molecule has 2 aliphatic rings. The van der Waals surface area contributed by atoms with Crippen molar-refractivity contribution in [2.24, 2.45) is 0 Å². The van der Waals surface area contributed by atoms with Crippen molar-refractivity contribution in [3.05, 3.63) is 88.9 Å². The number of hydrazine groups is 1. The summed E-state index contributed by atoms with van der Waals surface area (Å²) in [5.41, 5.74) is -0.314. The quantitative estimate of drug-likeness (QED) is 0.313. The Balaban J connectivity index is 1.51. The van der Waals surface area contributed by atoms with E-state index in [-0.39, 0.29) is 58.8 Å². The van der Waals surface area contributed by atoms with Crippen LogP contribution in [0.1, 0.15) is 27.4 Å². The fraction of sp³-hybridized carbons (Fsp3) is 0.214. The van der Waals surface area contributed by atoms with Crippen LogP contribution in [0.25, 0.3) is 22.0 Å².